The molecule has 0 spiro atoms. The van der Waals surface area contributed by atoms with Gasteiger partial charge >= 0.3 is 0 Å². The summed E-state index contributed by atoms with van der Waals surface area (Å²) < 4.78 is 0. The summed E-state index contributed by atoms with van der Waals surface area (Å²) in [5, 5.41) is 3.68. The topological polar surface area (TPSA) is 71.2 Å². The molecule has 1 aromatic rings. The maximum atomic E-state index is 12.1. The van der Waals surface area contributed by atoms with Crippen LogP contribution in [-0.4, -0.2) is 31.5 Å². The number of hydrogen-bond donors (Lipinski definition) is 2. The monoisotopic (exact) mass is 294 g/mol. The zero-order valence-corrected chi connectivity index (χ0v) is 12.9. The lowest BCUT2D eigenvalue weighted by Crippen LogP contribution is -2.24. The first-order valence-electron chi connectivity index (χ1n) is 6.97. The van der Waals surface area contributed by atoms with Gasteiger partial charge in [-0.05, 0) is 32.1 Å². The van der Waals surface area contributed by atoms with Gasteiger partial charge in [-0.1, -0.05) is 23.0 Å². The van der Waals surface area contributed by atoms with Crippen molar-refractivity contribution in [2.24, 2.45) is 0 Å². The van der Waals surface area contributed by atoms with Crippen molar-refractivity contribution in [3.63, 3.8) is 0 Å². The van der Waals surface area contributed by atoms with Crippen molar-refractivity contribution < 1.29 is 4.79 Å². The van der Waals surface area contributed by atoms with Crippen molar-refractivity contribution in [2.45, 2.75) is 32.1 Å². The van der Waals surface area contributed by atoms with Crippen LogP contribution in [-0.2, 0) is 0 Å². The molecule has 1 amide bonds. The van der Waals surface area contributed by atoms with Gasteiger partial charge in [0.25, 0.3) is 5.91 Å². The van der Waals surface area contributed by atoms with Gasteiger partial charge in [-0.25, -0.2) is 4.98 Å². The van der Waals surface area contributed by atoms with Crippen molar-refractivity contribution in [1.82, 2.24) is 10.3 Å². The van der Waals surface area contributed by atoms with E-state index in [4.69, 9.17) is 5.73 Å². The Morgan fingerprint density at radius 1 is 1.50 bits per heavy atom. The van der Waals surface area contributed by atoms with Crippen LogP contribution in [0.5, 0.6) is 0 Å². The second-order valence-corrected chi connectivity index (χ2v) is 6.20. The number of amides is 1. The third-order valence-corrected chi connectivity index (χ3v) is 4.59. The molecular formula is C14H22N4OS. The Morgan fingerprint density at radius 2 is 2.30 bits per heavy atom. The highest BCUT2D eigenvalue weighted by molar-refractivity contribution is 7.18. The first-order chi connectivity index (χ1) is 9.58. The van der Waals surface area contributed by atoms with E-state index in [9.17, 15) is 4.79 Å². The van der Waals surface area contributed by atoms with Gasteiger partial charge in [-0.2, -0.15) is 0 Å². The number of aromatic nitrogens is 1. The minimum absolute atomic E-state index is 0.121. The first kappa shape index (κ1) is 14.8. The number of anilines is 2. The molecule has 0 saturated heterocycles. The number of carbonyl (C=O) groups is 1. The maximum absolute atomic E-state index is 12.1. The molecule has 0 aliphatic heterocycles. The van der Waals surface area contributed by atoms with Crippen LogP contribution in [0.2, 0.25) is 0 Å². The fourth-order valence-electron chi connectivity index (χ4n) is 2.22. The smallest absolute Gasteiger partial charge is 0.265 e. The zero-order chi connectivity index (χ0) is 14.5. The molecule has 0 bridgehead atoms. The van der Waals surface area contributed by atoms with Crippen LogP contribution >= 0.6 is 11.3 Å². The Bertz CT molecular complexity index is 507. The van der Waals surface area contributed by atoms with Crippen LogP contribution in [0.15, 0.2) is 11.6 Å². The average Bonchev–Trinajstić information content (AvgIpc) is 2.82. The van der Waals surface area contributed by atoms with Gasteiger partial charge in [0.1, 0.15) is 10.7 Å². The van der Waals surface area contributed by atoms with E-state index in [0.29, 0.717) is 17.2 Å². The third-order valence-electron chi connectivity index (χ3n) is 3.35. The fraction of sp³-hybridized carbons (Fsp3) is 0.571. The summed E-state index contributed by atoms with van der Waals surface area (Å²) in [6.45, 7) is 0.666. The minimum Gasteiger partial charge on any atom is -0.382 e. The summed E-state index contributed by atoms with van der Waals surface area (Å²) in [7, 11) is 3.77. The highest BCUT2D eigenvalue weighted by Crippen LogP contribution is 2.26. The van der Waals surface area contributed by atoms with E-state index in [1.807, 2.05) is 19.0 Å². The molecule has 20 heavy (non-hydrogen) atoms. The number of nitrogens with one attached hydrogen (secondary N) is 1. The molecule has 3 N–H and O–H groups in total. The van der Waals surface area contributed by atoms with Gasteiger partial charge < -0.3 is 16.0 Å². The third kappa shape index (κ3) is 3.72. The molecule has 0 atom stereocenters. The summed E-state index contributed by atoms with van der Waals surface area (Å²) >= 11 is 1.32. The van der Waals surface area contributed by atoms with E-state index in [1.165, 1.54) is 42.6 Å². The molecule has 1 aliphatic rings. The van der Waals surface area contributed by atoms with E-state index in [0.717, 1.165) is 11.6 Å². The molecule has 0 aromatic carbocycles. The highest BCUT2D eigenvalue weighted by atomic mass is 32.1. The minimum atomic E-state index is -0.121. The van der Waals surface area contributed by atoms with Crippen LogP contribution in [0, 0.1) is 0 Å². The Hall–Kier alpha value is -1.56. The summed E-state index contributed by atoms with van der Waals surface area (Å²) in [6.07, 6.45) is 8.15. The van der Waals surface area contributed by atoms with Crippen molar-refractivity contribution in [1.29, 1.82) is 0 Å². The lowest BCUT2D eigenvalue weighted by molar-refractivity contribution is 0.0958. The zero-order valence-electron chi connectivity index (χ0n) is 12.1. The van der Waals surface area contributed by atoms with Gasteiger partial charge in [0.05, 0.1) is 0 Å². The number of nitrogen functional groups attached to an aromatic ring is 1. The highest BCUT2D eigenvalue weighted by Gasteiger charge is 2.16. The number of nitrogens with zero attached hydrogens (tertiary/aromatic N) is 2. The Kier molecular flexibility index (Phi) is 5.00. The number of rotatable bonds is 5. The van der Waals surface area contributed by atoms with Crippen LogP contribution in [0.1, 0.15) is 41.8 Å². The Labute approximate surface area is 123 Å². The lowest BCUT2D eigenvalue weighted by atomic mass is 9.97. The van der Waals surface area contributed by atoms with Gasteiger partial charge in [-0.15, -0.1) is 0 Å². The predicted octanol–water partition coefficient (Wildman–Crippen LogP) is 2.41. The van der Waals surface area contributed by atoms with E-state index in [2.05, 4.69) is 16.4 Å². The molecule has 0 unspecified atom stereocenters. The fourth-order valence-corrected chi connectivity index (χ4v) is 3.05. The van der Waals surface area contributed by atoms with Crippen molar-refractivity contribution >= 4 is 28.2 Å². The quantitative estimate of drug-likeness (QED) is 0.818. The molecule has 110 valence electrons. The second-order valence-electron chi connectivity index (χ2n) is 5.22. The molecule has 0 saturated carbocycles. The molecule has 0 radical (unpaired) electrons. The predicted molar refractivity (Wildman–Crippen MR) is 84.4 cm³/mol. The molecule has 1 aromatic heterocycles. The molecule has 5 nitrogen and oxygen atoms in total. The average molecular weight is 294 g/mol. The van der Waals surface area contributed by atoms with Crippen molar-refractivity contribution in [2.75, 3.05) is 31.3 Å². The summed E-state index contributed by atoms with van der Waals surface area (Å²) in [4.78, 5) is 18.6. The molecule has 1 heterocycles. The van der Waals surface area contributed by atoms with Gasteiger partial charge in [0.2, 0.25) is 0 Å². The van der Waals surface area contributed by atoms with Crippen LogP contribution in [0.25, 0.3) is 0 Å². The van der Waals surface area contributed by atoms with E-state index < -0.39 is 0 Å². The number of thiazole rings is 1. The summed E-state index contributed by atoms with van der Waals surface area (Å²) in [6, 6.07) is 0. The number of allylic oxidation sites excluding steroid dienone is 1. The number of hydrogen-bond acceptors (Lipinski definition) is 5. The molecule has 6 heteroatoms. The van der Waals surface area contributed by atoms with Crippen molar-refractivity contribution in [3.05, 3.63) is 16.5 Å². The molecule has 0 fully saturated rings. The molecule has 2 rings (SSSR count). The van der Waals surface area contributed by atoms with Gasteiger partial charge in [0, 0.05) is 20.6 Å². The second kappa shape index (κ2) is 6.74. The maximum Gasteiger partial charge on any atom is 0.265 e. The van der Waals surface area contributed by atoms with Crippen LogP contribution in [0.3, 0.4) is 0 Å². The van der Waals surface area contributed by atoms with Gasteiger partial charge in [0.15, 0.2) is 5.13 Å². The largest absolute Gasteiger partial charge is 0.382 e. The SMILES string of the molecule is CN(C)c1nc(N)c(C(=O)NCCC2=CCCCC2)s1. The summed E-state index contributed by atoms with van der Waals surface area (Å²) in [5.74, 6) is 0.192. The molecular weight excluding hydrogens is 272 g/mol. The number of nitrogens with two attached hydrogens (primary N) is 1. The van der Waals surface area contributed by atoms with E-state index in [1.54, 1.807) is 0 Å². The number of carbonyl (C=O) groups excluding carboxylic acids is 1. The Morgan fingerprint density at radius 3 is 2.90 bits per heavy atom. The van der Waals surface area contributed by atoms with Crippen LogP contribution in [0.4, 0.5) is 10.9 Å². The van der Waals surface area contributed by atoms with Crippen molar-refractivity contribution in [3.8, 4) is 0 Å². The summed E-state index contributed by atoms with van der Waals surface area (Å²) in [5.41, 5.74) is 7.26. The lowest BCUT2D eigenvalue weighted by Gasteiger charge is -2.12. The molecule has 1 aliphatic carbocycles. The van der Waals surface area contributed by atoms with Crippen LogP contribution < -0.4 is 16.0 Å². The van der Waals surface area contributed by atoms with E-state index in [-0.39, 0.29) is 5.91 Å². The van der Waals surface area contributed by atoms with E-state index >= 15 is 0 Å². The van der Waals surface area contributed by atoms with Gasteiger partial charge in [-0.3, -0.25) is 4.79 Å². The Balaban J connectivity index is 1.87. The standard InChI is InChI=1S/C14H22N4OS/c1-18(2)14-17-12(15)11(20-14)13(19)16-9-8-10-6-4-3-5-7-10/h6H,3-5,7-9,15H2,1-2H3,(H,16,19). The first-order valence-corrected chi connectivity index (χ1v) is 7.79. The normalized spacial score (nSPS) is 14.8.